The summed E-state index contributed by atoms with van der Waals surface area (Å²) in [6.07, 6.45) is 0.889. The van der Waals surface area contributed by atoms with Crippen molar-refractivity contribution in [3.8, 4) is 23.0 Å². The predicted molar refractivity (Wildman–Crippen MR) is 97.3 cm³/mol. The van der Waals surface area contributed by atoms with Gasteiger partial charge < -0.3 is 24.3 Å². The Labute approximate surface area is 148 Å². The predicted octanol–water partition coefficient (Wildman–Crippen LogP) is 3.35. The molecule has 1 aliphatic heterocycles. The van der Waals surface area contributed by atoms with Crippen LogP contribution in [0, 0.1) is 0 Å². The fourth-order valence-corrected chi connectivity index (χ4v) is 3.48. The molecule has 0 aromatic heterocycles. The number of rotatable bonds is 6. The molecule has 1 atom stereocenters. The van der Waals surface area contributed by atoms with Crippen LogP contribution < -0.4 is 24.3 Å². The highest BCUT2D eigenvalue weighted by Gasteiger charge is 2.28. The molecule has 3 rings (SSSR count). The van der Waals surface area contributed by atoms with E-state index in [1.165, 1.54) is 11.1 Å². The number of para-hydroxylation sites is 1. The van der Waals surface area contributed by atoms with Crippen molar-refractivity contribution in [2.24, 2.45) is 0 Å². The molecule has 25 heavy (non-hydrogen) atoms. The van der Waals surface area contributed by atoms with Crippen molar-refractivity contribution in [2.45, 2.75) is 19.4 Å². The number of methoxy groups -OCH3 is 3. The maximum absolute atomic E-state index is 5.91. The first-order valence-corrected chi connectivity index (χ1v) is 8.51. The molecule has 1 N–H and O–H groups in total. The van der Waals surface area contributed by atoms with Gasteiger partial charge in [0.25, 0.3) is 0 Å². The number of hydrogen-bond acceptors (Lipinski definition) is 5. The van der Waals surface area contributed by atoms with Crippen molar-refractivity contribution >= 4 is 0 Å². The van der Waals surface area contributed by atoms with Crippen LogP contribution in [0.5, 0.6) is 23.0 Å². The lowest BCUT2D eigenvalue weighted by Gasteiger charge is -2.30. The van der Waals surface area contributed by atoms with Gasteiger partial charge >= 0.3 is 0 Å². The summed E-state index contributed by atoms with van der Waals surface area (Å²) in [7, 11) is 5.02. The van der Waals surface area contributed by atoms with Crippen molar-refractivity contribution in [1.82, 2.24) is 5.32 Å². The monoisotopic (exact) mass is 343 g/mol. The van der Waals surface area contributed by atoms with Crippen LogP contribution in [0.4, 0.5) is 0 Å². The summed E-state index contributed by atoms with van der Waals surface area (Å²) in [6.45, 7) is 3.41. The summed E-state index contributed by atoms with van der Waals surface area (Å²) in [5.41, 5.74) is 3.42. The van der Waals surface area contributed by atoms with Crippen molar-refractivity contribution in [2.75, 3.05) is 34.5 Å². The van der Waals surface area contributed by atoms with E-state index in [1.54, 1.807) is 21.3 Å². The molecule has 2 aromatic carbocycles. The Morgan fingerprint density at radius 3 is 2.36 bits per heavy atom. The van der Waals surface area contributed by atoms with Gasteiger partial charge in [-0.1, -0.05) is 18.2 Å². The summed E-state index contributed by atoms with van der Waals surface area (Å²) in [4.78, 5) is 0. The Kier molecular flexibility index (Phi) is 5.34. The first-order valence-electron chi connectivity index (χ1n) is 8.51. The van der Waals surface area contributed by atoms with Crippen LogP contribution in [-0.4, -0.2) is 34.5 Å². The van der Waals surface area contributed by atoms with E-state index in [0.29, 0.717) is 6.61 Å². The SMILES string of the molecule is CCOc1c(OC)cccc1C1NCCc2c1ccc(OC)c2OC. The Morgan fingerprint density at radius 1 is 0.920 bits per heavy atom. The van der Waals surface area contributed by atoms with Crippen LogP contribution in [0.2, 0.25) is 0 Å². The number of ether oxygens (including phenoxy) is 4. The average molecular weight is 343 g/mol. The molecule has 5 heteroatoms. The zero-order chi connectivity index (χ0) is 17.8. The number of benzene rings is 2. The molecule has 0 fully saturated rings. The van der Waals surface area contributed by atoms with Gasteiger partial charge in [-0.05, 0) is 31.0 Å². The Bertz CT molecular complexity index is 745. The molecule has 1 aliphatic rings. The molecule has 1 unspecified atom stereocenters. The summed E-state index contributed by atoms with van der Waals surface area (Å²) in [5.74, 6) is 3.10. The van der Waals surface area contributed by atoms with E-state index in [4.69, 9.17) is 18.9 Å². The standard InChI is InChI=1S/C20H25NO4/c1-5-25-20-15(7-6-8-16(20)22-2)18-13-9-10-17(23-3)19(24-4)14(13)11-12-21-18/h6-10,18,21H,5,11-12H2,1-4H3. The van der Waals surface area contributed by atoms with Gasteiger partial charge in [-0.15, -0.1) is 0 Å². The first kappa shape index (κ1) is 17.4. The summed E-state index contributed by atoms with van der Waals surface area (Å²) in [6, 6.07) is 10.1. The molecule has 134 valence electrons. The highest BCUT2D eigenvalue weighted by molar-refractivity contribution is 5.57. The van der Waals surface area contributed by atoms with E-state index in [-0.39, 0.29) is 6.04 Å². The van der Waals surface area contributed by atoms with E-state index >= 15 is 0 Å². The molecule has 0 aliphatic carbocycles. The van der Waals surface area contributed by atoms with Crippen LogP contribution in [0.25, 0.3) is 0 Å². The van der Waals surface area contributed by atoms with Gasteiger partial charge in [-0.3, -0.25) is 0 Å². The van der Waals surface area contributed by atoms with Crippen LogP contribution in [0.15, 0.2) is 30.3 Å². The zero-order valence-corrected chi connectivity index (χ0v) is 15.2. The van der Waals surface area contributed by atoms with E-state index in [1.807, 2.05) is 25.1 Å². The zero-order valence-electron chi connectivity index (χ0n) is 15.2. The first-order chi connectivity index (χ1) is 12.2. The molecule has 5 nitrogen and oxygen atoms in total. The van der Waals surface area contributed by atoms with Crippen molar-refractivity contribution in [1.29, 1.82) is 0 Å². The molecule has 0 amide bonds. The van der Waals surface area contributed by atoms with Crippen molar-refractivity contribution in [3.05, 3.63) is 47.0 Å². The van der Waals surface area contributed by atoms with Gasteiger partial charge in [0, 0.05) is 17.7 Å². The number of fused-ring (bicyclic) bond motifs is 1. The minimum Gasteiger partial charge on any atom is -0.493 e. The largest absolute Gasteiger partial charge is 0.493 e. The molecular weight excluding hydrogens is 318 g/mol. The van der Waals surface area contributed by atoms with E-state index in [9.17, 15) is 0 Å². The summed E-state index contributed by atoms with van der Waals surface area (Å²) >= 11 is 0. The second-order valence-corrected chi connectivity index (χ2v) is 5.82. The summed E-state index contributed by atoms with van der Waals surface area (Å²) in [5, 5.41) is 3.60. The maximum Gasteiger partial charge on any atom is 0.166 e. The highest BCUT2D eigenvalue weighted by Crippen LogP contribution is 2.43. The lowest BCUT2D eigenvalue weighted by molar-refractivity contribution is 0.304. The Hall–Kier alpha value is -2.40. The molecular formula is C20H25NO4. The second kappa shape index (κ2) is 7.66. The number of hydrogen-bond donors (Lipinski definition) is 1. The van der Waals surface area contributed by atoms with E-state index in [2.05, 4.69) is 17.4 Å². The van der Waals surface area contributed by atoms with Crippen LogP contribution in [0.3, 0.4) is 0 Å². The maximum atomic E-state index is 5.91. The van der Waals surface area contributed by atoms with Gasteiger partial charge in [0.2, 0.25) is 0 Å². The third-order valence-corrected chi connectivity index (χ3v) is 4.55. The third-order valence-electron chi connectivity index (χ3n) is 4.55. The van der Waals surface area contributed by atoms with Gasteiger partial charge in [-0.2, -0.15) is 0 Å². The van der Waals surface area contributed by atoms with Crippen molar-refractivity contribution < 1.29 is 18.9 Å². The minimum absolute atomic E-state index is 0.0141. The smallest absolute Gasteiger partial charge is 0.166 e. The average Bonchev–Trinajstić information content (AvgIpc) is 2.66. The van der Waals surface area contributed by atoms with Gasteiger partial charge in [0.15, 0.2) is 23.0 Å². The fourth-order valence-electron chi connectivity index (χ4n) is 3.48. The fraction of sp³-hybridized carbons (Fsp3) is 0.400. The highest BCUT2D eigenvalue weighted by atomic mass is 16.5. The van der Waals surface area contributed by atoms with Gasteiger partial charge in [0.1, 0.15) is 0 Å². The van der Waals surface area contributed by atoms with Gasteiger partial charge in [-0.25, -0.2) is 0 Å². The molecule has 0 spiro atoms. The minimum atomic E-state index is 0.0141. The van der Waals surface area contributed by atoms with E-state index in [0.717, 1.165) is 41.5 Å². The van der Waals surface area contributed by atoms with Crippen LogP contribution in [0.1, 0.15) is 29.7 Å². The molecule has 2 aromatic rings. The molecule has 0 bridgehead atoms. The van der Waals surface area contributed by atoms with E-state index < -0.39 is 0 Å². The number of nitrogens with one attached hydrogen (secondary N) is 1. The van der Waals surface area contributed by atoms with Crippen LogP contribution in [-0.2, 0) is 6.42 Å². The molecule has 0 radical (unpaired) electrons. The Balaban J connectivity index is 2.13. The van der Waals surface area contributed by atoms with Gasteiger partial charge in [0.05, 0.1) is 34.0 Å². The van der Waals surface area contributed by atoms with Crippen molar-refractivity contribution in [3.63, 3.8) is 0 Å². The topological polar surface area (TPSA) is 49.0 Å². The molecule has 0 saturated heterocycles. The third kappa shape index (κ3) is 3.12. The molecule has 1 heterocycles. The quantitative estimate of drug-likeness (QED) is 0.872. The Morgan fingerprint density at radius 2 is 1.68 bits per heavy atom. The van der Waals surface area contributed by atoms with Crippen LogP contribution >= 0.6 is 0 Å². The summed E-state index contributed by atoms with van der Waals surface area (Å²) < 4.78 is 22.5. The normalized spacial score (nSPS) is 16.1. The lowest BCUT2D eigenvalue weighted by atomic mass is 9.88. The molecule has 0 saturated carbocycles. The second-order valence-electron chi connectivity index (χ2n) is 5.82. The lowest BCUT2D eigenvalue weighted by Crippen LogP contribution is -2.31.